The van der Waals surface area contributed by atoms with Gasteiger partial charge in [-0.05, 0) is 48.8 Å². The van der Waals surface area contributed by atoms with Crippen LogP contribution in [-0.2, 0) is 11.2 Å². The van der Waals surface area contributed by atoms with Crippen molar-refractivity contribution in [3.63, 3.8) is 0 Å². The van der Waals surface area contributed by atoms with Crippen molar-refractivity contribution in [3.8, 4) is 0 Å². The maximum atomic E-state index is 12.6. The number of benzene rings is 1. The fourth-order valence-corrected chi connectivity index (χ4v) is 3.77. The van der Waals surface area contributed by atoms with E-state index in [-0.39, 0.29) is 5.92 Å². The van der Waals surface area contributed by atoms with Gasteiger partial charge < -0.3 is 4.90 Å². The first-order valence-corrected chi connectivity index (χ1v) is 8.39. The summed E-state index contributed by atoms with van der Waals surface area (Å²) in [5.41, 5.74) is 4.24. The number of fused-ring (bicyclic) bond motifs is 1. The molecule has 2 heteroatoms. The normalized spacial score (nSPS) is 21.4. The zero-order chi connectivity index (χ0) is 15.5. The van der Waals surface area contributed by atoms with Gasteiger partial charge in [-0.2, -0.15) is 0 Å². The minimum atomic E-state index is 0.0583. The van der Waals surface area contributed by atoms with Crippen LogP contribution in [0, 0.1) is 5.92 Å². The molecular formula is C20H25NO. The fourth-order valence-electron chi connectivity index (χ4n) is 3.77. The topological polar surface area (TPSA) is 20.3 Å². The highest BCUT2D eigenvalue weighted by Crippen LogP contribution is 2.34. The molecule has 2 atom stereocenters. The van der Waals surface area contributed by atoms with Crippen molar-refractivity contribution < 1.29 is 4.79 Å². The van der Waals surface area contributed by atoms with Crippen LogP contribution in [0.5, 0.6) is 0 Å². The molecule has 1 aliphatic carbocycles. The smallest absolute Gasteiger partial charge is 0.225 e. The van der Waals surface area contributed by atoms with E-state index in [2.05, 4.69) is 41.8 Å². The first-order chi connectivity index (χ1) is 10.7. The third kappa shape index (κ3) is 2.87. The standard InChI is InChI=1S/C20H25NO/c1-3-7-15(2)20(22)21-13-6-9-18(21)14-17-12-11-16-8-4-5-10-19(16)17/h3-5,8,10,12,15,18H,1,6-7,9,11,13-14H2,2H3/t15-,18-/m0/s1. The molecule has 116 valence electrons. The number of hydrogen-bond donors (Lipinski definition) is 0. The van der Waals surface area contributed by atoms with Gasteiger partial charge in [0.05, 0.1) is 0 Å². The van der Waals surface area contributed by atoms with Crippen molar-refractivity contribution >= 4 is 11.5 Å². The van der Waals surface area contributed by atoms with Gasteiger partial charge in [0.2, 0.25) is 5.91 Å². The average molecular weight is 295 g/mol. The van der Waals surface area contributed by atoms with Crippen molar-refractivity contribution in [2.75, 3.05) is 6.54 Å². The van der Waals surface area contributed by atoms with Gasteiger partial charge in [0.1, 0.15) is 0 Å². The van der Waals surface area contributed by atoms with E-state index < -0.39 is 0 Å². The first kappa shape index (κ1) is 15.1. The SMILES string of the molecule is C=CC[C@H](C)C(=O)N1CCC[C@H]1CC1=CCc2ccccc21. The Morgan fingerprint density at radius 2 is 2.27 bits per heavy atom. The van der Waals surface area contributed by atoms with Crippen LogP contribution in [0.3, 0.4) is 0 Å². The molecule has 0 radical (unpaired) electrons. The van der Waals surface area contributed by atoms with Gasteiger partial charge in [-0.25, -0.2) is 0 Å². The largest absolute Gasteiger partial charge is 0.339 e. The second-order valence-corrected chi connectivity index (χ2v) is 6.55. The maximum Gasteiger partial charge on any atom is 0.225 e. The molecule has 0 saturated carbocycles. The summed E-state index contributed by atoms with van der Waals surface area (Å²) in [5.74, 6) is 0.359. The highest BCUT2D eigenvalue weighted by molar-refractivity contribution is 5.80. The zero-order valence-electron chi connectivity index (χ0n) is 13.4. The summed E-state index contributed by atoms with van der Waals surface area (Å²) in [7, 11) is 0. The van der Waals surface area contributed by atoms with Crippen LogP contribution in [0.15, 0.2) is 43.0 Å². The monoisotopic (exact) mass is 295 g/mol. The molecule has 22 heavy (non-hydrogen) atoms. The van der Waals surface area contributed by atoms with Crippen LogP contribution in [-0.4, -0.2) is 23.4 Å². The molecule has 0 spiro atoms. The van der Waals surface area contributed by atoms with E-state index in [1.807, 2.05) is 13.0 Å². The van der Waals surface area contributed by atoms with Gasteiger partial charge in [-0.3, -0.25) is 4.79 Å². The minimum absolute atomic E-state index is 0.0583. The van der Waals surface area contributed by atoms with E-state index in [0.29, 0.717) is 11.9 Å². The number of nitrogens with zero attached hydrogens (tertiary/aromatic N) is 1. The van der Waals surface area contributed by atoms with E-state index >= 15 is 0 Å². The number of carbonyl (C=O) groups is 1. The second kappa shape index (κ2) is 6.51. The summed E-state index contributed by atoms with van der Waals surface area (Å²) in [6.45, 7) is 6.69. The fraction of sp³-hybridized carbons (Fsp3) is 0.450. The number of likely N-dealkylation sites (tertiary alicyclic amines) is 1. The molecule has 1 saturated heterocycles. The average Bonchev–Trinajstić information content (AvgIpc) is 3.15. The zero-order valence-corrected chi connectivity index (χ0v) is 13.4. The Morgan fingerprint density at radius 1 is 1.45 bits per heavy atom. The molecule has 0 N–H and O–H groups in total. The summed E-state index contributed by atoms with van der Waals surface area (Å²) in [5, 5.41) is 0. The molecule has 0 bridgehead atoms. The number of hydrogen-bond acceptors (Lipinski definition) is 1. The lowest BCUT2D eigenvalue weighted by molar-refractivity contribution is -0.135. The van der Waals surface area contributed by atoms with Gasteiger partial charge in [0.25, 0.3) is 0 Å². The lowest BCUT2D eigenvalue weighted by atomic mass is 9.97. The molecule has 3 rings (SSSR count). The van der Waals surface area contributed by atoms with Crippen LogP contribution in [0.4, 0.5) is 0 Å². The molecule has 2 aliphatic rings. The van der Waals surface area contributed by atoms with Crippen LogP contribution in [0.1, 0.15) is 43.7 Å². The first-order valence-electron chi connectivity index (χ1n) is 8.39. The molecule has 1 aliphatic heterocycles. The third-order valence-corrected chi connectivity index (χ3v) is 4.99. The molecule has 1 amide bonds. The number of carbonyl (C=O) groups excluding carboxylic acids is 1. The summed E-state index contributed by atoms with van der Waals surface area (Å²) in [4.78, 5) is 14.7. The number of rotatable bonds is 5. The molecule has 2 nitrogen and oxygen atoms in total. The van der Waals surface area contributed by atoms with E-state index in [1.165, 1.54) is 16.7 Å². The summed E-state index contributed by atoms with van der Waals surface area (Å²) < 4.78 is 0. The quantitative estimate of drug-likeness (QED) is 0.745. The lowest BCUT2D eigenvalue weighted by Gasteiger charge is -2.28. The maximum absolute atomic E-state index is 12.6. The number of amides is 1. The number of allylic oxidation sites excluding steroid dienone is 2. The van der Waals surface area contributed by atoms with Gasteiger partial charge in [0, 0.05) is 18.5 Å². The summed E-state index contributed by atoms with van der Waals surface area (Å²) >= 11 is 0. The minimum Gasteiger partial charge on any atom is -0.339 e. The van der Waals surface area contributed by atoms with Crippen LogP contribution in [0.2, 0.25) is 0 Å². The van der Waals surface area contributed by atoms with Crippen LogP contribution in [0.25, 0.3) is 5.57 Å². The van der Waals surface area contributed by atoms with E-state index in [0.717, 1.165) is 38.6 Å². The van der Waals surface area contributed by atoms with Gasteiger partial charge in [0.15, 0.2) is 0 Å². The van der Waals surface area contributed by atoms with Crippen molar-refractivity contribution in [1.82, 2.24) is 4.90 Å². The Hall–Kier alpha value is -1.83. The highest BCUT2D eigenvalue weighted by atomic mass is 16.2. The molecular weight excluding hydrogens is 270 g/mol. The third-order valence-electron chi connectivity index (χ3n) is 4.99. The van der Waals surface area contributed by atoms with Crippen molar-refractivity contribution in [2.24, 2.45) is 5.92 Å². The molecule has 0 unspecified atom stereocenters. The molecule has 0 aromatic heterocycles. The van der Waals surface area contributed by atoms with Gasteiger partial charge in [-0.15, -0.1) is 6.58 Å². The van der Waals surface area contributed by atoms with Gasteiger partial charge in [-0.1, -0.05) is 43.3 Å². The van der Waals surface area contributed by atoms with E-state index in [4.69, 9.17) is 0 Å². The van der Waals surface area contributed by atoms with Crippen LogP contribution >= 0.6 is 0 Å². The van der Waals surface area contributed by atoms with Crippen LogP contribution < -0.4 is 0 Å². The molecule has 1 fully saturated rings. The predicted molar refractivity (Wildman–Crippen MR) is 91.5 cm³/mol. The Morgan fingerprint density at radius 3 is 3.09 bits per heavy atom. The molecule has 1 aromatic carbocycles. The van der Waals surface area contributed by atoms with Crippen molar-refractivity contribution in [3.05, 3.63) is 54.1 Å². The van der Waals surface area contributed by atoms with E-state index in [9.17, 15) is 4.79 Å². The Kier molecular flexibility index (Phi) is 4.47. The van der Waals surface area contributed by atoms with E-state index in [1.54, 1.807) is 0 Å². The second-order valence-electron chi connectivity index (χ2n) is 6.55. The van der Waals surface area contributed by atoms with Crippen molar-refractivity contribution in [1.29, 1.82) is 0 Å². The predicted octanol–water partition coefficient (Wildman–Crippen LogP) is 4.22. The molecule has 1 aromatic rings. The lowest BCUT2D eigenvalue weighted by Crippen LogP contribution is -2.38. The Labute approximate surface area is 133 Å². The highest BCUT2D eigenvalue weighted by Gasteiger charge is 2.32. The summed E-state index contributed by atoms with van der Waals surface area (Å²) in [6, 6.07) is 9.02. The summed E-state index contributed by atoms with van der Waals surface area (Å²) in [6.07, 6.45) is 9.27. The molecule has 1 heterocycles. The Balaban J connectivity index is 1.70. The van der Waals surface area contributed by atoms with Crippen molar-refractivity contribution in [2.45, 2.75) is 45.1 Å². The van der Waals surface area contributed by atoms with Gasteiger partial charge >= 0.3 is 0 Å². The Bertz CT molecular complexity index is 601.